The fraction of sp³-hybridized carbons (Fsp3) is 0.450. The highest BCUT2D eigenvalue weighted by Crippen LogP contribution is 2.31. The van der Waals surface area contributed by atoms with E-state index in [0.717, 1.165) is 32.1 Å². The molecule has 1 aliphatic rings. The average Bonchev–Trinajstić information content (AvgIpc) is 3.10. The van der Waals surface area contributed by atoms with E-state index in [0.29, 0.717) is 16.7 Å². The normalized spacial score (nSPS) is 17.4. The van der Waals surface area contributed by atoms with Crippen LogP contribution in [-0.2, 0) is 9.59 Å². The summed E-state index contributed by atoms with van der Waals surface area (Å²) >= 11 is 0. The van der Waals surface area contributed by atoms with Crippen molar-refractivity contribution >= 4 is 28.4 Å². The maximum Gasteiger partial charge on any atom is 0.332 e. The molecular formula is C20H24N2O5. The topological polar surface area (TPSA) is 122 Å². The lowest BCUT2D eigenvalue weighted by Gasteiger charge is -2.29. The van der Waals surface area contributed by atoms with Crippen LogP contribution in [0.3, 0.4) is 0 Å². The number of nitrogens with one attached hydrogen (secondary N) is 1. The summed E-state index contributed by atoms with van der Waals surface area (Å²) < 4.78 is 5.14. The molecule has 1 atom stereocenters. The van der Waals surface area contributed by atoms with E-state index < -0.39 is 23.1 Å². The highest BCUT2D eigenvalue weighted by molar-refractivity contribution is 6.51. The zero-order valence-electron chi connectivity index (χ0n) is 15.3. The SMILES string of the molecule is COc1ccc2c(C(=O)C(=O)C(N)(CC3CCCCC3)C(=O)O)c[nH]c2c1. The van der Waals surface area contributed by atoms with Crippen molar-refractivity contribution in [1.29, 1.82) is 0 Å². The lowest BCUT2D eigenvalue weighted by Crippen LogP contribution is -2.58. The van der Waals surface area contributed by atoms with Gasteiger partial charge in [-0.3, -0.25) is 9.59 Å². The van der Waals surface area contributed by atoms with Crippen LogP contribution in [0, 0.1) is 5.92 Å². The van der Waals surface area contributed by atoms with Crippen molar-refractivity contribution in [2.24, 2.45) is 11.7 Å². The van der Waals surface area contributed by atoms with Crippen LogP contribution < -0.4 is 10.5 Å². The van der Waals surface area contributed by atoms with Gasteiger partial charge in [0.2, 0.25) is 11.6 Å². The smallest absolute Gasteiger partial charge is 0.332 e. The molecule has 2 aromatic rings. The minimum Gasteiger partial charge on any atom is -0.497 e. The second kappa shape index (κ2) is 7.52. The Kier molecular flexibility index (Phi) is 5.32. The third-order valence-electron chi connectivity index (χ3n) is 5.46. The number of carboxylic acids is 1. The van der Waals surface area contributed by atoms with Gasteiger partial charge in [0.25, 0.3) is 0 Å². The van der Waals surface area contributed by atoms with Gasteiger partial charge in [-0.1, -0.05) is 32.1 Å². The number of aromatic amines is 1. The first-order valence-corrected chi connectivity index (χ1v) is 9.13. The predicted octanol–water partition coefficient (Wildman–Crippen LogP) is 2.68. The first kappa shape index (κ1) is 19.1. The van der Waals surface area contributed by atoms with E-state index >= 15 is 0 Å². The Hall–Kier alpha value is -2.67. The molecule has 1 aromatic heterocycles. The van der Waals surface area contributed by atoms with Crippen LogP contribution in [-0.4, -0.2) is 40.3 Å². The number of aliphatic carboxylic acids is 1. The van der Waals surface area contributed by atoms with Crippen molar-refractivity contribution in [3.8, 4) is 5.75 Å². The van der Waals surface area contributed by atoms with Crippen LogP contribution >= 0.6 is 0 Å². The monoisotopic (exact) mass is 372 g/mol. The maximum absolute atomic E-state index is 12.9. The molecule has 0 amide bonds. The Balaban J connectivity index is 1.89. The van der Waals surface area contributed by atoms with Crippen molar-refractivity contribution in [2.75, 3.05) is 7.11 Å². The lowest BCUT2D eigenvalue weighted by molar-refractivity contribution is -0.148. The molecule has 1 heterocycles. The van der Waals surface area contributed by atoms with E-state index in [4.69, 9.17) is 10.5 Å². The summed E-state index contributed by atoms with van der Waals surface area (Å²) in [5.41, 5.74) is 4.56. The Morgan fingerprint density at radius 1 is 1.26 bits per heavy atom. The number of carboxylic acid groups (broad SMARTS) is 1. The number of nitrogens with two attached hydrogens (primary N) is 1. The number of benzene rings is 1. The van der Waals surface area contributed by atoms with E-state index in [2.05, 4.69) is 4.98 Å². The summed E-state index contributed by atoms with van der Waals surface area (Å²) in [4.78, 5) is 40.4. The van der Waals surface area contributed by atoms with Crippen LogP contribution in [0.4, 0.5) is 0 Å². The van der Waals surface area contributed by atoms with Gasteiger partial charge in [-0.05, 0) is 24.5 Å². The summed E-state index contributed by atoms with van der Waals surface area (Å²) in [5, 5.41) is 10.2. The van der Waals surface area contributed by atoms with Crippen molar-refractivity contribution < 1.29 is 24.2 Å². The molecule has 0 spiro atoms. The maximum atomic E-state index is 12.9. The number of hydrogen-bond donors (Lipinski definition) is 3. The Morgan fingerprint density at radius 2 is 1.96 bits per heavy atom. The van der Waals surface area contributed by atoms with Gasteiger partial charge in [0, 0.05) is 23.2 Å². The van der Waals surface area contributed by atoms with Crippen LogP contribution in [0.15, 0.2) is 24.4 Å². The predicted molar refractivity (Wildman–Crippen MR) is 99.9 cm³/mol. The number of carbonyl (C=O) groups excluding carboxylic acids is 2. The van der Waals surface area contributed by atoms with Crippen molar-refractivity contribution in [2.45, 2.75) is 44.1 Å². The van der Waals surface area contributed by atoms with Gasteiger partial charge in [0.05, 0.1) is 12.7 Å². The molecule has 0 saturated heterocycles. The number of ether oxygens (including phenoxy) is 1. The van der Waals surface area contributed by atoms with Gasteiger partial charge in [0.15, 0.2) is 5.54 Å². The standard InChI is InChI=1S/C20H24N2O5/c1-27-13-7-8-14-15(11-22-16(14)9-13)17(23)18(24)20(21,19(25)26)10-12-5-3-2-4-6-12/h7-9,11-12,22H,2-6,10,21H2,1H3,(H,25,26). The van der Waals surface area contributed by atoms with Gasteiger partial charge in [-0.15, -0.1) is 0 Å². The summed E-state index contributed by atoms with van der Waals surface area (Å²) in [6.07, 6.45) is 6.16. The van der Waals surface area contributed by atoms with E-state index in [1.54, 1.807) is 18.2 Å². The van der Waals surface area contributed by atoms with Gasteiger partial charge >= 0.3 is 5.97 Å². The molecule has 7 nitrogen and oxygen atoms in total. The molecule has 144 valence electrons. The molecule has 1 aliphatic carbocycles. The molecule has 4 N–H and O–H groups in total. The first-order chi connectivity index (χ1) is 12.9. The van der Waals surface area contributed by atoms with Gasteiger partial charge < -0.3 is 20.6 Å². The molecule has 0 radical (unpaired) electrons. The number of fused-ring (bicyclic) bond motifs is 1. The van der Waals surface area contributed by atoms with Crippen LogP contribution in [0.5, 0.6) is 5.75 Å². The number of ketones is 2. The van der Waals surface area contributed by atoms with Crippen molar-refractivity contribution in [3.05, 3.63) is 30.0 Å². The highest BCUT2D eigenvalue weighted by Gasteiger charge is 2.47. The highest BCUT2D eigenvalue weighted by atomic mass is 16.5. The number of methoxy groups -OCH3 is 1. The Morgan fingerprint density at radius 3 is 2.59 bits per heavy atom. The fourth-order valence-electron chi connectivity index (χ4n) is 3.87. The number of H-pyrrole nitrogens is 1. The van der Waals surface area contributed by atoms with E-state index in [1.165, 1.54) is 13.3 Å². The molecule has 3 rings (SSSR count). The summed E-state index contributed by atoms with van der Waals surface area (Å²) in [6.45, 7) is 0. The fourth-order valence-corrected chi connectivity index (χ4v) is 3.87. The number of aromatic nitrogens is 1. The molecule has 1 saturated carbocycles. The number of rotatable bonds is 7. The van der Waals surface area contributed by atoms with E-state index in [9.17, 15) is 19.5 Å². The van der Waals surface area contributed by atoms with Crippen LogP contribution in [0.2, 0.25) is 0 Å². The third-order valence-corrected chi connectivity index (χ3v) is 5.46. The molecule has 1 fully saturated rings. The zero-order valence-corrected chi connectivity index (χ0v) is 15.3. The number of Topliss-reactive ketones (excluding diaryl/α,β-unsaturated/α-hetero) is 2. The quantitative estimate of drug-likeness (QED) is 0.390. The van der Waals surface area contributed by atoms with Crippen molar-refractivity contribution in [3.63, 3.8) is 0 Å². The molecular weight excluding hydrogens is 348 g/mol. The second-order valence-corrected chi connectivity index (χ2v) is 7.26. The van der Waals surface area contributed by atoms with Crippen LogP contribution in [0.1, 0.15) is 48.9 Å². The van der Waals surface area contributed by atoms with E-state index in [1.807, 2.05) is 0 Å². The Labute approximate surface area is 156 Å². The largest absolute Gasteiger partial charge is 0.497 e. The summed E-state index contributed by atoms with van der Waals surface area (Å²) in [6, 6.07) is 5.03. The molecule has 1 unspecified atom stereocenters. The van der Waals surface area contributed by atoms with Crippen molar-refractivity contribution in [1.82, 2.24) is 4.98 Å². The van der Waals surface area contributed by atoms with Crippen LogP contribution in [0.25, 0.3) is 10.9 Å². The number of hydrogen-bond acceptors (Lipinski definition) is 5. The Bertz CT molecular complexity index is 882. The lowest BCUT2D eigenvalue weighted by atomic mass is 9.76. The first-order valence-electron chi connectivity index (χ1n) is 9.13. The molecule has 27 heavy (non-hydrogen) atoms. The molecule has 7 heteroatoms. The minimum absolute atomic E-state index is 0.0108. The van der Waals surface area contributed by atoms with E-state index in [-0.39, 0.29) is 17.9 Å². The molecule has 0 aliphatic heterocycles. The third kappa shape index (κ3) is 3.60. The average molecular weight is 372 g/mol. The van der Waals surface area contributed by atoms with Gasteiger partial charge in [0.1, 0.15) is 5.75 Å². The minimum atomic E-state index is -2.20. The van der Waals surface area contributed by atoms with Gasteiger partial charge in [-0.2, -0.15) is 0 Å². The molecule has 1 aromatic carbocycles. The second-order valence-electron chi connectivity index (χ2n) is 7.26. The molecule has 0 bridgehead atoms. The zero-order chi connectivity index (χ0) is 19.6. The summed E-state index contributed by atoms with van der Waals surface area (Å²) in [5.74, 6) is -2.76. The summed E-state index contributed by atoms with van der Waals surface area (Å²) in [7, 11) is 1.53. The van der Waals surface area contributed by atoms with Gasteiger partial charge in [-0.25, -0.2) is 4.79 Å². The number of carbonyl (C=O) groups is 3.